The van der Waals surface area contributed by atoms with Gasteiger partial charge < -0.3 is 10.1 Å². The van der Waals surface area contributed by atoms with E-state index in [9.17, 15) is 13.6 Å². The lowest BCUT2D eigenvalue weighted by Crippen LogP contribution is -2.23. The number of aromatic nitrogens is 2. The SMILES string of the molecule is Cn1ccc(CNC(=O)c2cccc(COc3ccc(F)cc3F)c2)n1. The zero-order chi connectivity index (χ0) is 18.5. The van der Waals surface area contributed by atoms with Crippen LogP contribution in [0.4, 0.5) is 8.78 Å². The molecule has 0 radical (unpaired) electrons. The second-order valence-electron chi connectivity index (χ2n) is 5.73. The number of halogens is 2. The van der Waals surface area contributed by atoms with Crippen molar-refractivity contribution in [1.29, 1.82) is 0 Å². The van der Waals surface area contributed by atoms with Gasteiger partial charge in [0.15, 0.2) is 11.6 Å². The maximum atomic E-state index is 13.6. The minimum absolute atomic E-state index is 0.0450. The van der Waals surface area contributed by atoms with E-state index in [4.69, 9.17) is 4.74 Å². The molecule has 0 atom stereocenters. The Labute approximate surface area is 149 Å². The summed E-state index contributed by atoms with van der Waals surface area (Å²) in [5, 5.41) is 6.98. The highest BCUT2D eigenvalue weighted by Gasteiger charge is 2.09. The number of benzene rings is 2. The molecule has 0 aliphatic heterocycles. The van der Waals surface area contributed by atoms with Gasteiger partial charge in [0.25, 0.3) is 5.91 Å². The van der Waals surface area contributed by atoms with Crippen LogP contribution in [0.25, 0.3) is 0 Å². The smallest absolute Gasteiger partial charge is 0.251 e. The molecule has 0 saturated heterocycles. The minimum atomic E-state index is -0.769. The van der Waals surface area contributed by atoms with Gasteiger partial charge in [-0.1, -0.05) is 12.1 Å². The Bertz CT molecular complexity index is 925. The molecular formula is C19H17F2N3O2. The second-order valence-corrected chi connectivity index (χ2v) is 5.73. The van der Waals surface area contributed by atoms with E-state index < -0.39 is 11.6 Å². The van der Waals surface area contributed by atoms with E-state index in [1.807, 2.05) is 6.07 Å². The first-order valence-electron chi connectivity index (χ1n) is 7.95. The summed E-state index contributed by atoms with van der Waals surface area (Å²) >= 11 is 0. The van der Waals surface area contributed by atoms with Gasteiger partial charge in [0.1, 0.15) is 12.4 Å². The molecule has 26 heavy (non-hydrogen) atoms. The van der Waals surface area contributed by atoms with Crippen LogP contribution in [-0.4, -0.2) is 15.7 Å². The topological polar surface area (TPSA) is 56.2 Å². The van der Waals surface area contributed by atoms with Crippen LogP contribution < -0.4 is 10.1 Å². The summed E-state index contributed by atoms with van der Waals surface area (Å²) in [5.74, 6) is -1.72. The predicted molar refractivity (Wildman–Crippen MR) is 91.5 cm³/mol. The molecule has 1 heterocycles. The molecule has 3 rings (SSSR count). The summed E-state index contributed by atoms with van der Waals surface area (Å²) in [6.07, 6.45) is 1.80. The van der Waals surface area contributed by atoms with Crippen LogP contribution in [0.15, 0.2) is 54.7 Å². The molecule has 3 aromatic rings. The van der Waals surface area contributed by atoms with Crippen LogP contribution in [0.3, 0.4) is 0 Å². The molecule has 0 fully saturated rings. The van der Waals surface area contributed by atoms with Crippen molar-refractivity contribution in [3.8, 4) is 5.75 Å². The maximum Gasteiger partial charge on any atom is 0.251 e. The fraction of sp³-hybridized carbons (Fsp3) is 0.158. The standard InChI is InChI=1S/C19H17F2N3O2/c1-24-8-7-16(23-24)11-22-19(25)14-4-2-3-13(9-14)12-26-18-6-5-15(20)10-17(18)21/h2-10H,11-12H2,1H3,(H,22,25). The summed E-state index contributed by atoms with van der Waals surface area (Å²) in [5.41, 5.74) is 1.91. The van der Waals surface area contributed by atoms with Crippen molar-refractivity contribution in [3.63, 3.8) is 0 Å². The van der Waals surface area contributed by atoms with Crippen molar-refractivity contribution in [3.05, 3.63) is 83.2 Å². The van der Waals surface area contributed by atoms with E-state index in [0.717, 1.165) is 17.8 Å². The third kappa shape index (κ3) is 4.44. The first kappa shape index (κ1) is 17.6. The molecule has 0 unspecified atom stereocenters. The fourth-order valence-electron chi connectivity index (χ4n) is 2.39. The fourth-order valence-corrected chi connectivity index (χ4v) is 2.39. The van der Waals surface area contributed by atoms with E-state index in [1.165, 1.54) is 6.07 Å². The Hall–Kier alpha value is -3.22. The van der Waals surface area contributed by atoms with Crippen LogP contribution in [-0.2, 0) is 20.2 Å². The number of nitrogens with one attached hydrogen (secondary N) is 1. The Morgan fingerprint density at radius 3 is 2.77 bits per heavy atom. The van der Waals surface area contributed by atoms with Gasteiger partial charge in [-0.2, -0.15) is 5.10 Å². The van der Waals surface area contributed by atoms with Gasteiger partial charge in [0.05, 0.1) is 12.2 Å². The molecule has 1 amide bonds. The first-order chi connectivity index (χ1) is 12.5. The molecule has 1 aromatic heterocycles. The van der Waals surface area contributed by atoms with Crippen LogP contribution in [0.2, 0.25) is 0 Å². The van der Waals surface area contributed by atoms with Gasteiger partial charge in [0.2, 0.25) is 0 Å². The number of carbonyl (C=O) groups is 1. The average molecular weight is 357 g/mol. The molecule has 5 nitrogen and oxygen atoms in total. The number of aryl methyl sites for hydroxylation is 1. The van der Waals surface area contributed by atoms with Crippen molar-refractivity contribution in [2.45, 2.75) is 13.2 Å². The first-order valence-corrected chi connectivity index (χ1v) is 7.95. The summed E-state index contributed by atoms with van der Waals surface area (Å²) in [6.45, 7) is 0.380. The highest BCUT2D eigenvalue weighted by atomic mass is 19.1. The van der Waals surface area contributed by atoms with E-state index in [2.05, 4.69) is 10.4 Å². The largest absolute Gasteiger partial charge is 0.486 e. The summed E-state index contributed by atoms with van der Waals surface area (Å²) in [4.78, 5) is 12.3. The molecule has 0 bridgehead atoms. The van der Waals surface area contributed by atoms with Crippen molar-refractivity contribution >= 4 is 5.91 Å². The highest BCUT2D eigenvalue weighted by Crippen LogP contribution is 2.19. The van der Waals surface area contributed by atoms with E-state index in [-0.39, 0.29) is 18.3 Å². The number of carbonyl (C=O) groups excluding carboxylic acids is 1. The average Bonchev–Trinajstić information content (AvgIpc) is 3.04. The molecular weight excluding hydrogens is 340 g/mol. The van der Waals surface area contributed by atoms with Crippen molar-refractivity contribution in [2.24, 2.45) is 7.05 Å². The molecule has 0 aliphatic rings. The monoisotopic (exact) mass is 357 g/mol. The maximum absolute atomic E-state index is 13.6. The zero-order valence-electron chi connectivity index (χ0n) is 14.1. The van der Waals surface area contributed by atoms with Gasteiger partial charge in [-0.15, -0.1) is 0 Å². The van der Waals surface area contributed by atoms with Gasteiger partial charge in [0, 0.05) is 24.9 Å². The number of amides is 1. The second kappa shape index (κ2) is 7.77. The van der Waals surface area contributed by atoms with E-state index in [0.29, 0.717) is 17.7 Å². The van der Waals surface area contributed by atoms with Crippen molar-refractivity contribution in [2.75, 3.05) is 0 Å². The lowest BCUT2D eigenvalue weighted by molar-refractivity contribution is 0.0950. The molecule has 1 N–H and O–H groups in total. The number of rotatable bonds is 6. The van der Waals surface area contributed by atoms with E-state index in [1.54, 1.807) is 42.2 Å². The molecule has 134 valence electrons. The van der Waals surface area contributed by atoms with E-state index >= 15 is 0 Å². The summed E-state index contributed by atoms with van der Waals surface area (Å²) < 4.78 is 33.5. The quantitative estimate of drug-likeness (QED) is 0.737. The zero-order valence-corrected chi connectivity index (χ0v) is 14.1. The van der Waals surface area contributed by atoms with Crippen LogP contribution in [0, 0.1) is 11.6 Å². The molecule has 2 aromatic carbocycles. The van der Waals surface area contributed by atoms with Gasteiger partial charge in [-0.05, 0) is 35.9 Å². The van der Waals surface area contributed by atoms with Crippen LogP contribution >= 0.6 is 0 Å². The number of ether oxygens (including phenoxy) is 1. The Balaban J connectivity index is 1.61. The van der Waals surface area contributed by atoms with Crippen LogP contribution in [0.1, 0.15) is 21.6 Å². The number of nitrogens with zero attached hydrogens (tertiary/aromatic N) is 2. The van der Waals surface area contributed by atoms with Crippen molar-refractivity contribution in [1.82, 2.24) is 15.1 Å². The number of hydrogen-bond acceptors (Lipinski definition) is 3. The Morgan fingerprint density at radius 1 is 1.19 bits per heavy atom. The predicted octanol–water partition coefficient (Wildman–Crippen LogP) is 3.21. The van der Waals surface area contributed by atoms with Gasteiger partial charge in [-0.25, -0.2) is 8.78 Å². The van der Waals surface area contributed by atoms with Crippen LogP contribution in [0.5, 0.6) is 5.75 Å². The van der Waals surface area contributed by atoms with Gasteiger partial charge in [-0.3, -0.25) is 9.48 Å². The van der Waals surface area contributed by atoms with Crippen molar-refractivity contribution < 1.29 is 18.3 Å². The summed E-state index contributed by atoms with van der Waals surface area (Å²) in [6, 6.07) is 11.8. The normalized spacial score (nSPS) is 10.6. The lowest BCUT2D eigenvalue weighted by atomic mass is 10.1. The summed E-state index contributed by atoms with van der Waals surface area (Å²) in [7, 11) is 1.80. The Kier molecular flexibility index (Phi) is 5.26. The molecule has 0 saturated carbocycles. The molecule has 0 aliphatic carbocycles. The lowest BCUT2D eigenvalue weighted by Gasteiger charge is -2.09. The minimum Gasteiger partial charge on any atom is -0.486 e. The molecule has 7 heteroatoms. The highest BCUT2D eigenvalue weighted by molar-refractivity contribution is 5.94. The number of hydrogen-bond donors (Lipinski definition) is 1. The Morgan fingerprint density at radius 2 is 2.04 bits per heavy atom. The molecule has 0 spiro atoms. The third-order valence-electron chi connectivity index (χ3n) is 3.68. The van der Waals surface area contributed by atoms with Gasteiger partial charge >= 0.3 is 0 Å². The third-order valence-corrected chi connectivity index (χ3v) is 3.68.